The molecule has 1 atom stereocenters. The average Bonchev–Trinajstić information content (AvgIpc) is 2.69. The summed E-state index contributed by atoms with van der Waals surface area (Å²) in [6.07, 6.45) is 1.73. The van der Waals surface area contributed by atoms with Crippen LogP contribution in [0.5, 0.6) is 0 Å². The molecule has 1 N–H and O–H groups in total. The zero-order valence-electron chi connectivity index (χ0n) is 16.3. The molecule has 2 aromatic carbocycles. The van der Waals surface area contributed by atoms with E-state index in [0.29, 0.717) is 5.69 Å². The number of carbonyl (C=O) groups excluding carboxylic acids is 1. The van der Waals surface area contributed by atoms with E-state index in [1.54, 1.807) is 6.07 Å². The molecule has 0 spiro atoms. The molecule has 1 amide bonds. The Kier molecular flexibility index (Phi) is 6.37. The van der Waals surface area contributed by atoms with E-state index in [9.17, 15) is 9.59 Å². The molecule has 144 valence electrons. The summed E-state index contributed by atoms with van der Waals surface area (Å²) in [6, 6.07) is 21.2. The predicted molar refractivity (Wildman–Crippen MR) is 111 cm³/mol. The van der Waals surface area contributed by atoms with Gasteiger partial charge in [-0.05, 0) is 38.3 Å². The first kappa shape index (κ1) is 19.5. The van der Waals surface area contributed by atoms with Crippen molar-refractivity contribution in [2.24, 2.45) is 0 Å². The van der Waals surface area contributed by atoms with Crippen LogP contribution >= 0.6 is 0 Å². The molecule has 5 heteroatoms. The minimum absolute atomic E-state index is 0.0173. The standard InChI is InChI=1S/C23H25N3O2/c1-17-8-12-20(13-9-17)21-14-15-23(28)26(25-21)16-22(27)24-18(2)10-11-19-6-4-3-5-7-19/h3-9,12-15,18H,10-11,16H2,1-2H3,(H,24,27)/t18-/m0/s1. The van der Waals surface area contributed by atoms with E-state index >= 15 is 0 Å². The highest BCUT2D eigenvalue weighted by Gasteiger charge is 2.11. The molecule has 0 saturated heterocycles. The fourth-order valence-electron chi connectivity index (χ4n) is 3.00. The van der Waals surface area contributed by atoms with E-state index in [2.05, 4.69) is 22.5 Å². The first-order chi connectivity index (χ1) is 13.5. The van der Waals surface area contributed by atoms with Crippen molar-refractivity contribution in [3.8, 4) is 11.3 Å². The second-order valence-electron chi connectivity index (χ2n) is 7.07. The van der Waals surface area contributed by atoms with Gasteiger partial charge in [-0.15, -0.1) is 0 Å². The average molecular weight is 375 g/mol. The Morgan fingerprint density at radius 3 is 2.46 bits per heavy atom. The van der Waals surface area contributed by atoms with Crippen molar-refractivity contribution < 1.29 is 4.79 Å². The first-order valence-corrected chi connectivity index (χ1v) is 9.50. The van der Waals surface area contributed by atoms with Crippen molar-refractivity contribution in [3.05, 3.63) is 88.2 Å². The molecule has 0 aliphatic carbocycles. The molecule has 3 rings (SSSR count). The summed E-state index contributed by atoms with van der Waals surface area (Å²) in [4.78, 5) is 24.5. The topological polar surface area (TPSA) is 64.0 Å². The lowest BCUT2D eigenvalue weighted by molar-refractivity contribution is -0.122. The molecule has 0 radical (unpaired) electrons. The van der Waals surface area contributed by atoms with Crippen LogP contribution < -0.4 is 10.9 Å². The zero-order valence-corrected chi connectivity index (χ0v) is 16.3. The van der Waals surface area contributed by atoms with Gasteiger partial charge in [0.05, 0.1) is 5.69 Å². The maximum absolute atomic E-state index is 12.4. The van der Waals surface area contributed by atoms with Gasteiger partial charge in [-0.1, -0.05) is 60.2 Å². The Morgan fingerprint density at radius 2 is 1.75 bits per heavy atom. The Hall–Kier alpha value is -3.21. The van der Waals surface area contributed by atoms with Gasteiger partial charge in [0.25, 0.3) is 5.56 Å². The van der Waals surface area contributed by atoms with Gasteiger partial charge in [0, 0.05) is 17.7 Å². The Bertz CT molecular complexity index is 979. The van der Waals surface area contributed by atoms with Crippen LogP contribution in [-0.4, -0.2) is 21.7 Å². The van der Waals surface area contributed by atoms with Crippen LogP contribution in [-0.2, 0) is 17.8 Å². The Balaban J connectivity index is 1.61. The van der Waals surface area contributed by atoms with E-state index in [0.717, 1.165) is 24.0 Å². The van der Waals surface area contributed by atoms with Crippen LogP contribution in [0.3, 0.4) is 0 Å². The third kappa shape index (κ3) is 5.39. The fraction of sp³-hybridized carbons (Fsp3) is 0.261. The smallest absolute Gasteiger partial charge is 0.267 e. The lowest BCUT2D eigenvalue weighted by atomic mass is 10.1. The molecule has 1 aromatic heterocycles. The zero-order chi connectivity index (χ0) is 19.9. The summed E-state index contributed by atoms with van der Waals surface area (Å²) in [5, 5.41) is 7.31. The summed E-state index contributed by atoms with van der Waals surface area (Å²) in [5.41, 5.74) is 3.69. The lowest BCUT2D eigenvalue weighted by Gasteiger charge is -2.14. The number of hydrogen-bond donors (Lipinski definition) is 1. The minimum atomic E-state index is -0.289. The van der Waals surface area contributed by atoms with Crippen molar-refractivity contribution in [1.82, 2.24) is 15.1 Å². The van der Waals surface area contributed by atoms with E-state index in [-0.39, 0.29) is 24.1 Å². The minimum Gasteiger partial charge on any atom is -0.352 e. The molecule has 3 aromatic rings. The van der Waals surface area contributed by atoms with Crippen molar-refractivity contribution in [3.63, 3.8) is 0 Å². The molecule has 1 heterocycles. The summed E-state index contributed by atoms with van der Waals surface area (Å²) < 4.78 is 1.22. The highest BCUT2D eigenvalue weighted by Crippen LogP contribution is 2.15. The summed E-state index contributed by atoms with van der Waals surface area (Å²) in [7, 11) is 0. The molecule has 0 fully saturated rings. The number of amides is 1. The quantitative estimate of drug-likeness (QED) is 0.689. The largest absolute Gasteiger partial charge is 0.352 e. The van der Waals surface area contributed by atoms with Crippen molar-refractivity contribution >= 4 is 5.91 Å². The molecular formula is C23H25N3O2. The summed E-state index contributed by atoms with van der Waals surface area (Å²) >= 11 is 0. The highest BCUT2D eigenvalue weighted by atomic mass is 16.2. The second kappa shape index (κ2) is 9.13. The molecular weight excluding hydrogens is 350 g/mol. The molecule has 0 bridgehead atoms. The van der Waals surface area contributed by atoms with Gasteiger partial charge in [0.15, 0.2) is 0 Å². The van der Waals surface area contributed by atoms with Crippen LogP contribution in [0.25, 0.3) is 11.3 Å². The van der Waals surface area contributed by atoms with Crippen molar-refractivity contribution in [2.75, 3.05) is 0 Å². The molecule has 0 saturated carbocycles. The van der Waals surface area contributed by atoms with Gasteiger partial charge in [-0.25, -0.2) is 4.68 Å². The monoisotopic (exact) mass is 375 g/mol. The van der Waals surface area contributed by atoms with Crippen LogP contribution in [0.2, 0.25) is 0 Å². The lowest BCUT2D eigenvalue weighted by Crippen LogP contribution is -2.38. The van der Waals surface area contributed by atoms with Gasteiger partial charge in [0.1, 0.15) is 6.54 Å². The maximum atomic E-state index is 12.4. The number of carbonyl (C=O) groups is 1. The number of nitrogens with one attached hydrogen (secondary N) is 1. The van der Waals surface area contributed by atoms with E-state index < -0.39 is 0 Å². The molecule has 0 aliphatic rings. The Morgan fingerprint density at radius 1 is 1.04 bits per heavy atom. The number of aryl methyl sites for hydroxylation is 2. The first-order valence-electron chi connectivity index (χ1n) is 9.50. The van der Waals surface area contributed by atoms with Crippen LogP contribution in [0.4, 0.5) is 0 Å². The summed E-state index contributed by atoms with van der Waals surface area (Å²) in [6.45, 7) is 3.90. The van der Waals surface area contributed by atoms with Gasteiger partial charge in [-0.3, -0.25) is 9.59 Å². The predicted octanol–water partition coefficient (Wildman–Crippen LogP) is 3.36. The second-order valence-corrected chi connectivity index (χ2v) is 7.07. The van der Waals surface area contributed by atoms with Crippen molar-refractivity contribution in [1.29, 1.82) is 0 Å². The molecule has 0 aliphatic heterocycles. The third-order valence-corrected chi connectivity index (χ3v) is 4.62. The van der Waals surface area contributed by atoms with Gasteiger partial charge < -0.3 is 5.32 Å². The van der Waals surface area contributed by atoms with E-state index in [1.807, 2.05) is 56.3 Å². The number of hydrogen-bond acceptors (Lipinski definition) is 3. The van der Waals surface area contributed by atoms with E-state index in [1.165, 1.54) is 16.3 Å². The van der Waals surface area contributed by atoms with Gasteiger partial charge in [-0.2, -0.15) is 5.10 Å². The number of aromatic nitrogens is 2. The number of benzene rings is 2. The highest BCUT2D eigenvalue weighted by molar-refractivity contribution is 5.76. The third-order valence-electron chi connectivity index (χ3n) is 4.62. The van der Waals surface area contributed by atoms with Crippen LogP contribution in [0, 0.1) is 6.92 Å². The van der Waals surface area contributed by atoms with E-state index in [4.69, 9.17) is 0 Å². The van der Waals surface area contributed by atoms with Gasteiger partial charge in [0.2, 0.25) is 5.91 Å². The van der Waals surface area contributed by atoms with Gasteiger partial charge >= 0.3 is 0 Å². The van der Waals surface area contributed by atoms with Crippen LogP contribution in [0.15, 0.2) is 71.5 Å². The van der Waals surface area contributed by atoms with Crippen LogP contribution in [0.1, 0.15) is 24.5 Å². The molecule has 5 nitrogen and oxygen atoms in total. The maximum Gasteiger partial charge on any atom is 0.267 e. The summed E-state index contributed by atoms with van der Waals surface area (Å²) in [5.74, 6) is -0.212. The van der Waals surface area contributed by atoms with Crippen molar-refractivity contribution in [2.45, 2.75) is 39.3 Å². The Labute approximate surface area is 165 Å². The molecule has 0 unspecified atom stereocenters. The fourth-order valence-corrected chi connectivity index (χ4v) is 3.00. The number of rotatable bonds is 7. The SMILES string of the molecule is Cc1ccc(-c2ccc(=O)n(CC(=O)N[C@@H](C)CCc3ccccc3)n2)cc1. The number of nitrogens with zero attached hydrogens (tertiary/aromatic N) is 2. The normalized spacial score (nSPS) is 11.8. The molecule has 28 heavy (non-hydrogen) atoms.